The molecule has 1 N–H and O–H groups in total. The van der Waals surface area contributed by atoms with E-state index in [-0.39, 0.29) is 17.5 Å². The molecule has 0 bridgehead atoms. The van der Waals surface area contributed by atoms with Gasteiger partial charge in [-0.2, -0.15) is 0 Å². The maximum atomic E-state index is 13.0. The third-order valence-electron chi connectivity index (χ3n) is 4.06. The maximum Gasteiger partial charge on any atom is 0.123 e. The van der Waals surface area contributed by atoms with E-state index in [9.17, 15) is 4.39 Å². The van der Waals surface area contributed by atoms with Crippen molar-refractivity contribution in [3.63, 3.8) is 0 Å². The SMILES string of the molecule is Fc1ccc(C23CCCCC2OCCN3)cc1. The molecule has 3 rings (SSSR count). The molecule has 2 fully saturated rings. The smallest absolute Gasteiger partial charge is 0.123 e. The Bertz CT molecular complexity index is 378. The van der Waals surface area contributed by atoms with Gasteiger partial charge in [0.2, 0.25) is 0 Å². The summed E-state index contributed by atoms with van der Waals surface area (Å²) >= 11 is 0. The van der Waals surface area contributed by atoms with Gasteiger partial charge in [0, 0.05) is 6.54 Å². The van der Waals surface area contributed by atoms with Crippen LogP contribution in [0, 0.1) is 5.82 Å². The average molecular weight is 235 g/mol. The van der Waals surface area contributed by atoms with Crippen LogP contribution in [-0.4, -0.2) is 19.3 Å². The van der Waals surface area contributed by atoms with Crippen molar-refractivity contribution < 1.29 is 9.13 Å². The van der Waals surface area contributed by atoms with Gasteiger partial charge in [0.05, 0.1) is 18.2 Å². The fourth-order valence-electron chi connectivity index (χ4n) is 3.22. The molecular weight excluding hydrogens is 217 g/mol. The van der Waals surface area contributed by atoms with Crippen LogP contribution in [0.25, 0.3) is 0 Å². The first-order valence-electron chi connectivity index (χ1n) is 6.44. The van der Waals surface area contributed by atoms with Crippen LogP contribution in [0.1, 0.15) is 31.2 Å². The molecule has 3 heteroatoms. The van der Waals surface area contributed by atoms with E-state index in [2.05, 4.69) is 5.32 Å². The minimum Gasteiger partial charge on any atom is -0.375 e. The number of fused-ring (bicyclic) bond motifs is 1. The molecule has 92 valence electrons. The Morgan fingerprint density at radius 2 is 2.06 bits per heavy atom. The molecule has 0 spiro atoms. The van der Waals surface area contributed by atoms with Gasteiger partial charge in [0.25, 0.3) is 0 Å². The second kappa shape index (κ2) is 4.39. The lowest BCUT2D eigenvalue weighted by atomic mass is 9.73. The Morgan fingerprint density at radius 1 is 1.24 bits per heavy atom. The molecule has 1 saturated heterocycles. The summed E-state index contributed by atoms with van der Waals surface area (Å²) in [5, 5.41) is 3.62. The predicted molar refractivity (Wildman–Crippen MR) is 64.3 cm³/mol. The molecule has 0 amide bonds. The first-order valence-corrected chi connectivity index (χ1v) is 6.44. The highest BCUT2D eigenvalue weighted by Crippen LogP contribution is 2.40. The Balaban J connectivity index is 1.97. The number of rotatable bonds is 1. The van der Waals surface area contributed by atoms with E-state index in [1.165, 1.54) is 18.4 Å². The lowest BCUT2D eigenvalue weighted by Crippen LogP contribution is -2.59. The van der Waals surface area contributed by atoms with Crippen molar-refractivity contribution in [2.24, 2.45) is 0 Å². The van der Waals surface area contributed by atoms with E-state index >= 15 is 0 Å². The zero-order valence-electron chi connectivity index (χ0n) is 9.92. The summed E-state index contributed by atoms with van der Waals surface area (Å²) in [6.45, 7) is 1.67. The van der Waals surface area contributed by atoms with Gasteiger partial charge in [-0.3, -0.25) is 0 Å². The summed E-state index contributed by atoms with van der Waals surface area (Å²) in [6, 6.07) is 6.89. The molecule has 1 aromatic carbocycles. The maximum absolute atomic E-state index is 13.0. The van der Waals surface area contributed by atoms with Gasteiger partial charge in [-0.1, -0.05) is 25.0 Å². The van der Waals surface area contributed by atoms with Crippen LogP contribution in [0.2, 0.25) is 0 Å². The summed E-state index contributed by atoms with van der Waals surface area (Å²) in [7, 11) is 0. The molecule has 17 heavy (non-hydrogen) atoms. The summed E-state index contributed by atoms with van der Waals surface area (Å²) in [4.78, 5) is 0. The number of halogens is 1. The van der Waals surface area contributed by atoms with Crippen LogP contribution in [0.4, 0.5) is 4.39 Å². The largest absolute Gasteiger partial charge is 0.375 e. The van der Waals surface area contributed by atoms with Crippen LogP contribution in [0.5, 0.6) is 0 Å². The average Bonchev–Trinajstić information content (AvgIpc) is 2.39. The van der Waals surface area contributed by atoms with Gasteiger partial charge in [0.15, 0.2) is 0 Å². The number of ether oxygens (including phenoxy) is 1. The zero-order chi connectivity index (χ0) is 11.7. The first-order chi connectivity index (χ1) is 8.31. The summed E-state index contributed by atoms with van der Waals surface area (Å²) in [5.41, 5.74) is 1.09. The number of benzene rings is 1. The van der Waals surface area contributed by atoms with Crippen LogP contribution < -0.4 is 5.32 Å². The van der Waals surface area contributed by atoms with Crippen molar-refractivity contribution in [2.75, 3.05) is 13.2 Å². The second-order valence-corrected chi connectivity index (χ2v) is 5.01. The van der Waals surface area contributed by atoms with Gasteiger partial charge in [0.1, 0.15) is 5.82 Å². The quantitative estimate of drug-likeness (QED) is 0.807. The Hall–Kier alpha value is -0.930. The van der Waals surface area contributed by atoms with Crippen LogP contribution in [-0.2, 0) is 10.3 Å². The van der Waals surface area contributed by atoms with Crippen molar-refractivity contribution in [3.8, 4) is 0 Å². The summed E-state index contributed by atoms with van der Waals surface area (Å²) in [5.74, 6) is -0.172. The van der Waals surface area contributed by atoms with E-state index in [4.69, 9.17) is 4.74 Å². The minimum absolute atomic E-state index is 0.0792. The van der Waals surface area contributed by atoms with E-state index in [1.54, 1.807) is 12.1 Å². The minimum atomic E-state index is -0.172. The number of nitrogens with one attached hydrogen (secondary N) is 1. The van der Waals surface area contributed by atoms with Crippen LogP contribution in [0.3, 0.4) is 0 Å². The Kier molecular flexibility index (Phi) is 2.89. The molecule has 2 unspecified atom stereocenters. The van der Waals surface area contributed by atoms with E-state index in [0.29, 0.717) is 0 Å². The van der Waals surface area contributed by atoms with Crippen molar-refractivity contribution in [1.29, 1.82) is 0 Å². The van der Waals surface area contributed by atoms with Crippen LogP contribution in [0.15, 0.2) is 24.3 Å². The third kappa shape index (κ3) is 1.87. The summed E-state index contributed by atoms with van der Waals surface area (Å²) < 4.78 is 18.9. The molecule has 0 radical (unpaired) electrons. The molecule has 1 saturated carbocycles. The number of morpholine rings is 1. The van der Waals surface area contributed by atoms with Crippen molar-refractivity contribution in [1.82, 2.24) is 5.32 Å². The molecule has 1 aromatic rings. The van der Waals surface area contributed by atoms with Crippen molar-refractivity contribution in [2.45, 2.75) is 37.3 Å². The molecule has 1 heterocycles. The highest BCUT2D eigenvalue weighted by Gasteiger charge is 2.44. The van der Waals surface area contributed by atoms with Crippen molar-refractivity contribution in [3.05, 3.63) is 35.6 Å². The second-order valence-electron chi connectivity index (χ2n) is 5.01. The van der Waals surface area contributed by atoms with Crippen LogP contribution >= 0.6 is 0 Å². The van der Waals surface area contributed by atoms with E-state index in [0.717, 1.165) is 26.0 Å². The fraction of sp³-hybridized carbons (Fsp3) is 0.571. The normalized spacial score (nSPS) is 33.1. The van der Waals surface area contributed by atoms with Gasteiger partial charge >= 0.3 is 0 Å². The standard InChI is InChI=1S/C14H18FNO/c15-12-6-4-11(5-7-12)14-8-2-1-3-13(14)17-10-9-16-14/h4-7,13,16H,1-3,8-10H2. The van der Waals surface area contributed by atoms with Gasteiger partial charge < -0.3 is 10.1 Å². The molecule has 2 aliphatic rings. The highest BCUT2D eigenvalue weighted by molar-refractivity contribution is 5.28. The van der Waals surface area contributed by atoms with Gasteiger partial charge in [-0.15, -0.1) is 0 Å². The Morgan fingerprint density at radius 3 is 2.88 bits per heavy atom. The highest BCUT2D eigenvalue weighted by atomic mass is 19.1. The van der Waals surface area contributed by atoms with Gasteiger partial charge in [-0.05, 0) is 30.5 Å². The molecule has 1 aliphatic carbocycles. The topological polar surface area (TPSA) is 21.3 Å². The lowest BCUT2D eigenvalue weighted by molar-refractivity contribution is -0.0756. The zero-order valence-corrected chi connectivity index (χ0v) is 9.92. The monoisotopic (exact) mass is 235 g/mol. The first kappa shape index (κ1) is 11.2. The molecular formula is C14H18FNO. The molecule has 2 nitrogen and oxygen atoms in total. The van der Waals surface area contributed by atoms with E-state index in [1.807, 2.05) is 12.1 Å². The number of hydrogen-bond donors (Lipinski definition) is 1. The third-order valence-corrected chi connectivity index (χ3v) is 4.06. The van der Waals surface area contributed by atoms with E-state index < -0.39 is 0 Å². The lowest BCUT2D eigenvalue weighted by Gasteiger charge is -2.48. The summed E-state index contributed by atoms with van der Waals surface area (Å²) in [6.07, 6.45) is 4.88. The van der Waals surface area contributed by atoms with Crippen molar-refractivity contribution >= 4 is 0 Å². The fourth-order valence-corrected chi connectivity index (χ4v) is 3.22. The molecule has 2 atom stereocenters. The predicted octanol–water partition coefficient (Wildman–Crippen LogP) is 2.58. The molecule has 1 aliphatic heterocycles. The molecule has 0 aromatic heterocycles. The number of hydrogen-bond acceptors (Lipinski definition) is 2. The Labute approximate surface area is 101 Å². The van der Waals surface area contributed by atoms with Gasteiger partial charge in [-0.25, -0.2) is 4.39 Å².